The molecule has 0 bridgehead atoms. The second-order valence-electron chi connectivity index (χ2n) is 5.34. The van der Waals surface area contributed by atoms with Gasteiger partial charge in [-0.3, -0.25) is 9.59 Å². The second kappa shape index (κ2) is 6.93. The van der Waals surface area contributed by atoms with Crippen molar-refractivity contribution in [2.24, 2.45) is 0 Å². The van der Waals surface area contributed by atoms with Gasteiger partial charge < -0.3 is 5.32 Å². The minimum atomic E-state index is -0.862. The van der Waals surface area contributed by atoms with E-state index < -0.39 is 17.1 Å². The molecule has 0 atom stereocenters. The number of rotatable bonds is 3. The Bertz CT molecular complexity index is 1120. The van der Waals surface area contributed by atoms with Crippen LogP contribution in [0, 0.1) is 5.82 Å². The van der Waals surface area contributed by atoms with Crippen molar-refractivity contribution in [3.05, 3.63) is 80.3 Å². The summed E-state index contributed by atoms with van der Waals surface area (Å²) in [5.41, 5.74) is -1.15. The van der Waals surface area contributed by atoms with Gasteiger partial charge in [-0.2, -0.15) is 9.78 Å². The Hall–Kier alpha value is -3.26. The summed E-state index contributed by atoms with van der Waals surface area (Å²) in [6.07, 6.45) is 0.903. The Kier molecular flexibility index (Phi) is 4.68. The zero-order chi connectivity index (χ0) is 18.8. The molecule has 132 valence electrons. The number of anilines is 1. The van der Waals surface area contributed by atoms with Gasteiger partial charge in [0.1, 0.15) is 12.0 Å². The number of aromatic nitrogens is 3. The molecule has 9 heteroatoms. The van der Waals surface area contributed by atoms with E-state index in [-0.39, 0.29) is 16.6 Å². The molecule has 3 rings (SSSR count). The van der Waals surface area contributed by atoms with E-state index in [4.69, 9.17) is 11.6 Å². The fraction of sp³-hybridized carbons (Fsp3) is 0.0588. The molecule has 0 spiro atoms. The van der Waals surface area contributed by atoms with Gasteiger partial charge in [0.25, 0.3) is 5.56 Å². The van der Waals surface area contributed by atoms with Crippen molar-refractivity contribution >= 4 is 23.2 Å². The van der Waals surface area contributed by atoms with E-state index in [1.807, 2.05) is 0 Å². The first kappa shape index (κ1) is 17.6. The summed E-state index contributed by atoms with van der Waals surface area (Å²) in [7, 11) is 0. The molecular formula is C17H12ClFN4O3. The molecule has 0 fully saturated rings. The van der Waals surface area contributed by atoms with Crippen LogP contribution in [0.15, 0.2) is 58.3 Å². The number of amides is 1. The topological polar surface area (TPSA) is 86.0 Å². The summed E-state index contributed by atoms with van der Waals surface area (Å²) >= 11 is 5.71. The molecule has 7 nitrogen and oxygen atoms in total. The normalized spacial score (nSPS) is 10.6. The number of carbonyl (C=O) groups excluding carboxylic acids is 1. The van der Waals surface area contributed by atoms with Gasteiger partial charge in [-0.05, 0) is 36.4 Å². The van der Waals surface area contributed by atoms with Gasteiger partial charge in [-0.1, -0.05) is 17.7 Å². The van der Waals surface area contributed by atoms with Crippen LogP contribution in [0.25, 0.3) is 11.4 Å². The smallest absolute Gasteiger partial charge is 0.326 e. The first-order chi connectivity index (χ1) is 12.4. The highest BCUT2D eigenvalue weighted by atomic mass is 35.5. The number of benzene rings is 2. The number of halogens is 2. The SMILES string of the molecule is CC(=O)Nc1cccc(-n2ncc(=O)n(-c3ccc(Cl)cc3F)c2=O)c1. The lowest BCUT2D eigenvalue weighted by Gasteiger charge is -2.11. The minimum Gasteiger partial charge on any atom is -0.326 e. The number of hydrogen-bond donors (Lipinski definition) is 1. The third-order valence-corrected chi connectivity index (χ3v) is 3.67. The summed E-state index contributed by atoms with van der Waals surface area (Å²) in [6.45, 7) is 1.35. The van der Waals surface area contributed by atoms with Crippen LogP contribution in [0.1, 0.15) is 6.92 Å². The van der Waals surface area contributed by atoms with E-state index in [1.165, 1.54) is 25.1 Å². The quantitative estimate of drug-likeness (QED) is 0.761. The molecule has 0 radical (unpaired) electrons. The van der Waals surface area contributed by atoms with Crippen molar-refractivity contribution in [2.45, 2.75) is 6.92 Å². The second-order valence-corrected chi connectivity index (χ2v) is 5.78. The van der Waals surface area contributed by atoms with Crippen LogP contribution in [-0.2, 0) is 4.79 Å². The van der Waals surface area contributed by atoms with Crippen LogP contribution in [0.5, 0.6) is 0 Å². The standard InChI is InChI=1S/C17H12ClFN4O3/c1-10(24)21-12-3-2-4-13(8-12)23-17(26)22(16(25)9-20-23)15-6-5-11(18)7-14(15)19/h2-9H,1H3,(H,21,24). The highest BCUT2D eigenvalue weighted by molar-refractivity contribution is 6.30. The van der Waals surface area contributed by atoms with Crippen LogP contribution in [-0.4, -0.2) is 20.3 Å². The Morgan fingerprint density at radius 1 is 1.19 bits per heavy atom. The van der Waals surface area contributed by atoms with Crippen molar-refractivity contribution < 1.29 is 9.18 Å². The Labute approximate surface area is 151 Å². The highest BCUT2D eigenvalue weighted by Gasteiger charge is 2.14. The fourth-order valence-electron chi connectivity index (χ4n) is 2.38. The number of nitrogens with one attached hydrogen (secondary N) is 1. The molecule has 26 heavy (non-hydrogen) atoms. The van der Waals surface area contributed by atoms with Gasteiger partial charge in [-0.25, -0.2) is 13.8 Å². The van der Waals surface area contributed by atoms with Gasteiger partial charge >= 0.3 is 5.69 Å². The summed E-state index contributed by atoms with van der Waals surface area (Å²) < 4.78 is 15.8. The van der Waals surface area contributed by atoms with Crippen LogP contribution >= 0.6 is 11.6 Å². The van der Waals surface area contributed by atoms with Gasteiger partial charge in [0.2, 0.25) is 5.91 Å². The summed E-state index contributed by atoms with van der Waals surface area (Å²) in [6, 6.07) is 9.91. The van der Waals surface area contributed by atoms with Gasteiger partial charge in [-0.15, -0.1) is 0 Å². The van der Waals surface area contributed by atoms with Crippen LogP contribution < -0.4 is 16.6 Å². The van der Waals surface area contributed by atoms with E-state index >= 15 is 0 Å². The third-order valence-electron chi connectivity index (χ3n) is 3.44. The molecule has 0 saturated heterocycles. The maximum absolute atomic E-state index is 14.2. The largest absolute Gasteiger partial charge is 0.356 e. The van der Waals surface area contributed by atoms with Gasteiger partial charge in [0.15, 0.2) is 0 Å². The molecule has 0 saturated carbocycles. The third kappa shape index (κ3) is 3.40. The summed E-state index contributed by atoms with van der Waals surface area (Å²) in [5.74, 6) is -1.10. The zero-order valence-corrected chi connectivity index (χ0v) is 14.2. The fourth-order valence-corrected chi connectivity index (χ4v) is 2.54. The molecule has 3 aromatic rings. The maximum Gasteiger partial charge on any atom is 0.356 e. The molecule has 1 aromatic heterocycles. The predicted molar refractivity (Wildman–Crippen MR) is 94.7 cm³/mol. The predicted octanol–water partition coefficient (Wildman–Crippen LogP) is 2.13. The Morgan fingerprint density at radius 3 is 2.65 bits per heavy atom. The minimum absolute atomic E-state index is 0.136. The summed E-state index contributed by atoms with van der Waals surface area (Å²) in [4.78, 5) is 36.0. The lowest BCUT2D eigenvalue weighted by atomic mass is 10.2. The zero-order valence-electron chi connectivity index (χ0n) is 13.4. The molecule has 0 unspecified atom stereocenters. The molecule has 1 N–H and O–H groups in total. The molecule has 0 aliphatic heterocycles. The maximum atomic E-state index is 14.2. The molecule has 1 amide bonds. The number of carbonyl (C=O) groups is 1. The Balaban J connectivity index is 2.19. The van der Waals surface area contributed by atoms with Crippen molar-refractivity contribution in [1.29, 1.82) is 0 Å². The first-order valence-electron chi connectivity index (χ1n) is 7.41. The highest BCUT2D eigenvalue weighted by Crippen LogP contribution is 2.16. The average molecular weight is 375 g/mol. The van der Waals surface area contributed by atoms with E-state index in [0.29, 0.717) is 15.9 Å². The Morgan fingerprint density at radius 2 is 1.96 bits per heavy atom. The van der Waals surface area contributed by atoms with E-state index in [0.717, 1.165) is 16.9 Å². The lowest BCUT2D eigenvalue weighted by Crippen LogP contribution is -2.39. The molecule has 2 aromatic carbocycles. The number of hydrogen-bond acceptors (Lipinski definition) is 4. The van der Waals surface area contributed by atoms with Gasteiger partial charge in [0.05, 0.1) is 11.4 Å². The summed E-state index contributed by atoms with van der Waals surface area (Å²) in [5, 5.41) is 6.53. The number of nitrogens with zero attached hydrogens (tertiary/aromatic N) is 3. The molecular weight excluding hydrogens is 363 g/mol. The van der Waals surface area contributed by atoms with Crippen molar-refractivity contribution in [2.75, 3.05) is 5.32 Å². The van der Waals surface area contributed by atoms with Crippen LogP contribution in [0.4, 0.5) is 10.1 Å². The monoisotopic (exact) mass is 374 g/mol. The molecule has 0 aliphatic rings. The van der Waals surface area contributed by atoms with E-state index in [9.17, 15) is 18.8 Å². The first-order valence-corrected chi connectivity index (χ1v) is 7.79. The molecule has 1 heterocycles. The van der Waals surface area contributed by atoms with Crippen molar-refractivity contribution in [3.63, 3.8) is 0 Å². The van der Waals surface area contributed by atoms with E-state index in [1.54, 1.807) is 18.2 Å². The van der Waals surface area contributed by atoms with E-state index in [2.05, 4.69) is 10.4 Å². The van der Waals surface area contributed by atoms with Crippen LogP contribution in [0.2, 0.25) is 5.02 Å². The van der Waals surface area contributed by atoms with Crippen molar-refractivity contribution in [1.82, 2.24) is 14.3 Å². The lowest BCUT2D eigenvalue weighted by molar-refractivity contribution is -0.114. The van der Waals surface area contributed by atoms with Crippen molar-refractivity contribution in [3.8, 4) is 11.4 Å². The average Bonchev–Trinajstić information content (AvgIpc) is 2.56. The van der Waals surface area contributed by atoms with Gasteiger partial charge in [0, 0.05) is 17.6 Å². The van der Waals surface area contributed by atoms with Crippen LogP contribution in [0.3, 0.4) is 0 Å². The molecule has 0 aliphatic carbocycles.